The monoisotopic (exact) mass is 390 g/mol. The highest BCUT2D eigenvalue weighted by Crippen LogP contribution is 2.44. The lowest BCUT2D eigenvalue weighted by molar-refractivity contribution is -0.140. The second-order valence-electron chi connectivity index (χ2n) is 6.68. The number of aromatic amines is 1. The summed E-state index contributed by atoms with van der Waals surface area (Å²) < 4.78 is 46.4. The van der Waals surface area contributed by atoms with Crippen molar-refractivity contribution in [3.8, 4) is 33.9 Å². The van der Waals surface area contributed by atoms with Gasteiger partial charge in [0.1, 0.15) is 22.9 Å². The molecule has 0 aliphatic heterocycles. The number of benzene rings is 2. The highest BCUT2D eigenvalue weighted by atomic mass is 19.4. The molecule has 0 aliphatic carbocycles. The Kier molecular flexibility index (Phi) is 5.36. The Morgan fingerprint density at radius 1 is 1.14 bits per heavy atom. The number of aryl methyl sites for hydroxylation is 1. The van der Waals surface area contributed by atoms with Crippen molar-refractivity contribution in [3.05, 3.63) is 53.7 Å². The van der Waals surface area contributed by atoms with Crippen molar-refractivity contribution >= 4 is 0 Å². The molecule has 3 aromatic rings. The number of halogens is 3. The molecule has 0 spiro atoms. The first-order valence-electron chi connectivity index (χ1n) is 8.96. The number of aromatic nitrogens is 2. The minimum Gasteiger partial charge on any atom is -0.507 e. The number of phenols is 1. The quantitative estimate of drug-likeness (QED) is 0.577. The molecular formula is C21H21F3N2O2. The topological polar surface area (TPSA) is 58.1 Å². The van der Waals surface area contributed by atoms with Gasteiger partial charge >= 0.3 is 6.18 Å². The van der Waals surface area contributed by atoms with Gasteiger partial charge in [-0.2, -0.15) is 18.3 Å². The molecule has 1 aromatic heterocycles. The lowest BCUT2D eigenvalue weighted by Crippen LogP contribution is -2.08. The van der Waals surface area contributed by atoms with E-state index in [-0.39, 0.29) is 28.7 Å². The smallest absolute Gasteiger partial charge is 0.433 e. The summed E-state index contributed by atoms with van der Waals surface area (Å²) in [7, 11) is 0. The van der Waals surface area contributed by atoms with Crippen molar-refractivity contribution in [2.24, 2.45) is 0 Å². The van der Waals surface area contributed by atoms with Gasteiger partial charge in [0.2, 0.25) is 0 Å². The summed E-state index contributed by atoms with van der Waals surface area (Å²) in [5.41, 5.74) is 0.354. The van der Waals surface area contributed by atoms with Gasteiger partial charge in [0.05, 0.1) is 6.10 Å². The number of H-pyrrole nitrogens is 1. The number of rotatable bonds is 5. The molecule has 0 saturated carbocycles. The molecule has 3 rings (SSSR count). The molecule has 0 aliphatic rings. The maximum atomic E-state index is 13.6. The zero-order valence-corrected chi connectivity index (χ0v) is 15.8. The molecule has 0 fully saturated rings. The number of hydrogen-bond donors (Lipinski definition) is 2. The van der Waals surface area contributed by atoms with Gasteiger partial charge in [-0.05, 0) is 37.5 Å². The van der Waals surface area contributed by atoms with E-state index < -0.39 is 11.9 Å². The molecule has 0 amide bonds. The van der Waals surface area contributed by atoms with Crippen molar-refractivity contribution in [2.75, 3.05) is 0 Å². The molecule has 0 unspecified atom stereocenters. The average Bonchev–Trinajstić information content (AvgIpc) is 3.07. The van der Waals surface area contributed by atoms with Crippen molar-refractivity contribution in [1.29, 1.82) is 0 Å². The third-order valence-electron chi connectivity index (χ3n) is 4.29. The third-order valence-corrected chi connectivity index (χ3v) is 4.29. The second kappa shape index (κ2) is 7.58. The van der Waals surface area contributed by atoms with Gasteiger partial charge in [0.25, 0.3) is 0 Å². The van der Waals surface area contributed by atoms with E-state index in [1.165, 1.54) is 6.07 Å². The Morgan fingerprint density at radius 3 is 2.39 bits per heavy atom. The standard InChI is InChI=1S/C21H21F3N2O2/c1-4-13-10-15(16(27)11-17(13)28-12(2)3)19-18(14-8-6-5-7-9-14)20(26-25-19)21(22,23)24/h5-12,27H,4H2,1-3H3,(H,25,26). The van der Waals surface area contributed by atoms with Crippen LogP contribution in [0, 0.1) is 0 Å². The molecule has 4 nitrogen and oxygen atoms in total. The molecule has 2 N–H and O–H groups in total. The summed E-state index contributed by atoms with van der Waals surface area (Å²) in [5.74, 6) is 0.317. The largest absolute Gasteiger partial charge is 0.507 e. The number of nitrogens with one attached hydrogen (secondary N) is 1. The summed E-state index contributed by atoms with van der Waals surface area (Å²) >= 11 is 0. The van der Waals surface area contributed by atoms with E-state index >= 15 is 0 Å². The summed E-state index contributed by atoms with van der Waals surface area (Å²) in [6.07, 6.45) is -4.12. The molecular weight excluding hydrogens is 369 g/mol. The Morgan fingerprint density at radius 2 is 1.82 bits per heavy atom. The highest BCUT2D eigenvalue weighted by molar-refractivity contribution is 5.86. The fourth-order valence-corrected chi connectivity index (χ4v) is 3.07. The van der Waals surface area contributed by atoms with E-state index in [4.69, 9.17) is 4.74 Å². The zero-order valence-electron chi connectivity index (χ0n) is 15.8. The summed E-state index contributed by atoms with van der Waals surface area (Å²) in [6, 6.07) is 11.3. The lowest BCUT2D eigenvalue weighted by atomic mass is 9.96. The van der Waals surface area contributed by atoms with Gasteiger partial charge in [0.15, 0.2) is 0 Å². The predicted octanol–water partition coefficient (Wildman–Crippen LogP) is 5.82. The number of hydrogen-bond acceptors (Lipinski definition) is 3. The lowest BCUT2D eigenvalue weighted by Gasteiger charge is -2.16. The highest BCUT2D eigenvalue weighted by Gasteiger charge is 2.38. The van der Waals surface area contributed by atoms with E-state index in [0.29, 0.717) is 17.7 Å². The molecule has 28 heavy (non-hydrogen) atoms. The van der Waals surface area contributed by atoms with Gasteiger partial charge < -0.3 is 9.84 Å². The fraction of sp³-hybridized carbons (Fsp3) is 0.286. The van der Waals surface area contributed by atoms with Crippen LogP contribution in [0.3, 0.4) is 0 Å². The van der Waals surface area contributed by atoms with Crippen LogP contribution in [0.25, 0.3) is 22.4 Å². The molecule has 0 atom stereocenters. The van der Waals surface area contributed by atoms with Crippen LogP contribution in [-0.4, -0.2) is 21.4 Å². The molecule has 148 valence electrons. The fourth-order valence-electron chi connectivity index (χ4n) is 3.07. The van der Waals surface area contributed by atoms with Crippen LogP contribution >= 0.6 is 0 Å². The maximum absolute atomic E-state index is 13.6. The molecule has 2 aromatic carbocycles. The second-order valence-corrected chi connectivity index (χ2v) is 6.68. The first-order valence-corrected chi connectivity index (χ1v) is 8.96. The van der Waals surface area contributed by atoms with Gasteiger partial charge in [0, 0.05) is 17.2 Å². The Bertz CT molecular complexity index is 964. The Labute approximate surface area is 161 Å². The normalized spacial score (nSPS) is 11.8. The van der Waals surface area contributed by atoms with Crippen LogP contribution in [0.4, 0.5) is 13.2 Å². The number of phenolic OH excluding ortho intramolecular Hbond substituents is 1. The molecule has 7 heteroatoms. The van der Waals surface area contributed by atoms with E-state index in [0.717, 1.165) is 5.56 Å². The summed E-state index contributed by atoms with van der Waals surface area (Å²) in [4.78, 5) is 0. The van der Waals surface area contributed by atoms with Crippen LogP contribution < -0.4 is 4.74 Å². The van der Waals surface area contributed by atoms with Crippen molar-refractivity contribution in [3.63, 3.8) is 0 Å². The summed E-state index contributed by atoms with van der Waals surface area (Å²) in [5, 5.41) is 16.6. The van der Waals surface area contributed by atoms with Crippen LogP contribution in [0.5, 0.6) is 11.5 Å². The van der Waals surface area contributed by atoms with E-state index in [9.17, 15) is 18.3 Å². The van der Waals surface area contributed by atoms with Crippen molar-refractivity contribution in [1.82, 2.24) is 10.2 Å². The molecule has 0 radical (unpaired) electrons. The zero-order chi connectivity index (χ0) is 20.5. The van der Waals surface area contributed by atoms with Crippen LogP contribution in [0.2, 0.25) is 0 Å². The van der Waals surface area contributed by atoms with Crippen molar-refractivity contribution < 1.29 is 23.0 Å². The first kappa shape index (κ1) is 19.8. The van der Waals surface area contributed by atoms with Crippen molar-refractivity contribution in [2.45, 2.75) is 39.5 Å². The van der Waals surface area contributed by atoms with E-state index in [1.807, 2.05) is 20.8 Å². The van der Waals surface area contributed by atoms with Crippen LogP contribution in [0.15, 0.2) is 42.5 Å². The number of aromatic hydroxyl groups is 1. The third kappa shape index (κ3) is 3.83. The maximum Gasteiger partial charge on any atom is 0.433 e. The Hall–Kier alpha value is -2.96. The minimum atomic E-state index is -4.61. The van der Waals surface area contributed by atoms with Gasteiger partial charge in [-0.15, -0.1) is 0 Å². The molecule has 1 heterocycles. The first-order chi connectivity index (χ1) is 13.2. The van der Waals surface area contributed by atoms with Gasteiger partial charge in [-0.3, -0.25) is 5.10 Å². The minimum absolute atomic E-state index is 0.0434. The van der Waals surface area contributed by atoms with Crippen LogP contribution in [0.1, 0.15) is 32.0 Å². The summed E-state index contributed by atoms with van der Waals surface area (Å²) in [6.45, 7) is 5.63. The SMILES string of the molecule is CCc1cc(-c2n[nH]c(C(F)(F)F)c2-c2ccccc2)c(O)cc1OC(C)C. The number of nitrogens with zero attached hydrogens (tertiary/aromatic N) is 1. The van der Waals surface area contributed by atoms with E-state index in [2.05, 4.69) is 10.2 Å². The van der Waals surface area contributed by atoms with E-state index in [1.54, 1.807) is 36.4 Å². The average molecular weight is 390 g/mol. The number of alkyl halides is 3. The van der Waals surface area contributed by atoms with Gasteiger partial charge in [-0.25, -0.2) is 0 Å². The number of ether oxygens (including phenoxy) is 1. The van der Waals surface area contributed by atoms with Crippen LogP contribution in [-0.2, 0) is 12.6 Å². The molecule has 0 saturated heterocycles. The molecule has 0 bridgehead atoms. The van der Waals surface area contributed by atoms with Gasteiger partial charge in [-0.1, -0.05) is 37.3 Å². The predicted molar refractivity (Wildman–Crippen MR) is 101 cm³/mol. The Balaban J connectivity index is 2.24.